The number of aromatic amines is 1. The highest BCUT2D eigenvalue weighted by atomic mass is 35.5. The molecule has 0 atom stereocenters. The van der Waals surface area contributed by atoms with Crippen LogP contribution in [-0.2, 0) is 0 Å². The van der Waals surface area contributed by atoms with Gasteiger partial charge in [-0.15, -0.1) is 0 Å². The van der Waals surface area contributed by atoms with E-state index in [1.807, 2.05) is 0 Å². The van der Waals surface area contributed by atoms with Gasteiger partial charge in [-0.05, 0) is 42.5 Å². The molecule has 29 heavy (non-hydrogen) atoms. The predicted octanol–water partition coefficient (Wildman–Crippen LogP) is 2.74. The molecule has 4 N–H and O–H groups in total. The second kappa shape index (κ2) is 7.95. The number of aromatic carboxylic acids is 2. The molecule has 9 nitrogen and oxygen atoms in total. The fraction of sp³-hybridized carbons (Fsp3) is 0. The number of aromatic nitrogens is 2. The van der Waals surface area contributed by atoms with Gasteiger partial charge in [0.1, 0.15) is 11.4 Å². The maximum atomic E-state index is 12.4. The van der Waals surface area contributed by atoms with Gasteiger partial charge in [0.15, 0.2) is 0 Å². The van der Waals surface area contributed by atoms with Crippen molar-refractivity contribution in [3.8, 4) is 11.4 Å². The first-order valence-corrected chi connectivity index (χ1v) is 8.40. The van der Waals surface area contributed by atoms with Crippen LogP contribution in [0, 0.1) is 0 Å². The summed E-state index contributed by atoms with van der Waals surface area (Å²) >= 11 is 5.82. The van der Waals surface area contributed by atoms with Gasteiger partial charge >= 0.3 is 11.9 Å². The maximum absolute atomic E-state index is 12.4. The second-order valence-corrected chi connectivity index (χ2v) is 6.28. The summed E-state index contributed by atoms with van der Waals surface area (Å²) in [5, 5.41) is 21.0. The molecule has 146 valence electrons. The number of carboxylic acid groups (broad SMARTS) is 2. The molecule has 0 fully saturated rings. The standard InChI is InChI=1S/C19H12ClN3O6/c20-12-3-1-9(2-4-12)15-21-8-14(17(25)23-15)16(24)22-13-6-10(18(26)27)5-11(7-13)19(28)29/h1-8H,(H,22,24)(H,26,27)(H,28,29)(H,21,23,25). The second-order valence-electron chi connectivity index (χ2n) is 5.84. The number of carbonyl (C=O) groups is 3. The summed E-state index contributed by atoms with van der Waals surface area (Å²) in [5.41, 5.74) is -1.22. The minimum Gasteiger partial charge on any atom is -0.478 e. The van der Waals surface area contributed by atoms with Gasteiger partial charge < -0.3 is 20.5 Å². The highest BCUT2D eigenvalue weighted by Gasteiger charge is 2.16. The SMILES string of the molecule is O=C(O)c1cc(NC(=O)c2cnc(-c3ccc(Cl)cc3)[nH]c2=O)cc(C(=O)O)c1. The van der Waals surface area contributed by atoms with Crippen molar-refractivity contribution < 1.29 is 24.6 Å². The van der Waals surface area contributed by atoms with Crippen molar-refractivity contribution in [2.75, 3.05) is 5.32 Å². The monoisotopic (exact) mass is 413 g/mol. The molecular formula is C19H12ClN3O6. The third-order valence-electron chi connectivity index (χ3n) is 3.85. The molecule has 0 aliphatic heterocycles. The summed E-state index contributed by atoms with van der Waals surface area (Å²) in [4.78, 5) is 53.5. The molecule has 3 rings (SSSR count). The summed E-state index contributed by atoms with van der Waals surface area (Å²) in [6.07, 6.45) is 1.07. The van der Waals surface area contributed by atoms with Gasteiger partial charge in [-0.3, -0.25) is 9.59 Å². The summed E-state index contributed by atoms with van der Waals surface area (Å²) in [7, 11) is 0. The van der Waals surface area contributed by atoms with Crippen LogP contribution in [0.3, 0.4) is 0 Å². The number of amides is 1. The number of halogens is 1. The Morgan fingerprint density at radius 3 is 2.07 bits per heavy atom. The minimum atomic E-state index is -1.37. The van der Waals surface area contributed by atoms with Gasteiger partial charge in [-0.2, -0.15) is 0 Å². The van der Waals surface area contributed by atoms with Gasteiger partial charge in [0, 0.05) is 22.5 Å². The fourth-order valence-electron chi connectivity index (χ4n) is 2.46. The molecule has 10 heteroatoms. The first kappa shape index (κ1) is 19.8. The lowest BCUT2D eigenvalue weighted by molar-refractivity contribution is 0.0696. The number of hydrogen-bond acceptors (Lipinski definition) is 5. The number of anilines is 1. The summed E-state index contributed by atoms with van der Waals surface area (Å²) < 4.78 is 0. The van der Waals surface area contributed by atoms with E-state index in [-0.39, 0.29) is 28.2 Å². The Labute approximate surface area is 167 Å². The van der Waals surface area contributed by atoms with Crippen molar-refractivity contribution in [3.63, 3.8) is 0 Å². The minimum absolute atomic E-state index is 0.0894. The lowest BCUT2D eigenvalue weighted by Crippen LogP contribution is -2.24. The largest absolute Gasteiger partial charge is 0.478 e. The Kier molecular flexibility index (Phi) is 5.42. The molecule has 0 bridgehead atoms. The van der Waals surface area contributed by atoms with Gasteiger partial charge in [0.2, 0.25) is 0 Å². The molecule has 1 heterocycles. The Morgan fingerprint density at radius 1 is 0.966 bits per heavy atom. The van der Waals surface area contributed by atoms with E-state index < -0.39 is 23.4 Å². The normalized spacial score (nSPS) is 10.4. The van der Waals surface area contributed by atoms with Gasteiger partial charge in [0.05, 0.1) is 11.1 Å². The number of rotatable bonds is 5. The molecule has 1 amide bonds. The topological polar surface area (TPSA) is 149 Å². The van der Waals surface area contributed by atoms with Crippen LogP contribution < -0.4 is 10.9 Å². The highest BCUT2D eigenvalue weighted by Crippen LogP contribution is 2.18. The lowest BCUT2D eigenvalue weighted by Gasteiger charge is -2.08. The quantitative estimate of drug-likeness (QED) is 0.502. The number of carboxylic acids is 2. The molecule has 0 saturated heterocycles. The van der Waals surface area contributed by atoms with E-state index in [1.165, 1.54) is 0 Å². The first-order valence-electron chi connectivity index (χ1n) is 8.03. The number of benzene rings is 2. The van der Waals surface area contributed by atoms with Crippen molar-refractivity contribution in [2.45, 2.75) is 0 Å². The van der Waals surface area contributed by atoms with Crippen LogP contribution in [0.4, 0.5) is 5.69 Å². The molecule has 0 aliphatic rings. The van der Waals surface area contributed by atoms with Crippen LogP contribution in [0.15, 0.2) is 53.5 Å². The molecule has 2 aromatic carbocycles. The van der Waals surface area contributed by atoms with E-state index in [0.717, 1.165) is 24.4 Å². The Hall–Kier alpha value is -3.98. The summed E-state index contributed by atoms with van der Waals surface area (Å²) in [5.74, 6) is -3.38. The van der Waals surface area contributed by atoms with Gasteiger partial charge in [-0.25, -0.2) is 14.6 Å². The summed E-state index contributed by atoms with van der Waals surface area (Å²) in [6.45, 7) is 0. The number of hydrogen-bond donors (Lipinski definition) is 4. The molecule has 1 aromatic heterocycles. The van der Waals surface area contributed by atoms with Gasteiger partial charge in [-0.1, -0.05) is 11.6 Å². The van der Waals surface area contributed by atoms with E-state index in [0.29, 0.717) is 10.6 Å². The Bertz CT molecular complexity index is 1160. The number of carbonyl (C=O) groups excluding carboxylic acids is 1. The molecule has 0 radical (unpaired) electrons. The van der Waals surface area contributed by atoms with E-state index >= 15 is 0 Å². The zero-order chi connectivity index (χ0) is 21.1. The van der Waals surface area contributed by atoms with Crippen LogP contribution >= 0.6 is 11.6 Å². The third kappa shape index (κ3) is 4.47. The maximum Gasteiger partial charge on any atom is 0.335 e. The molecular weight excluding hydrogens is 402 g/mol. The highest BCUT2D eigenvalue weighted by molar-refractivity contribution is 6.30. The van der Waals surface area contributed by atoms with E-state index in [9.17, 15) is 19.2 Å². The van der Waals surface area contributed by atoms with Crippen LogP contribution in [-0.4, -0.2) is 38.0 Å². The average molecular weight is 414 g/mol. The zero-order valence-electron chi connectivity index (χ0n) is 14.5. The van der Waals surface area contributed by atoms with Gasteiger partial charge in [0.25, 0.3) is 11.5 Å². The number of nitrogens with zero attached hydrogens (tertiary/aromatic N) is 1. The fourth-order valence-corrected chi connectivity index (χ4v) is 2.58. The lowest BCUT2D eigenvalue weighted by atomic mass is 10.1. The first-order chi connectivity index (χ1) is 13.7. The Morgan fingerprint density at radius 2 is 1.55 bits per heavy atom. The average Bonchev–Trinajstić information content (AvgIpc) is 2.68. The van der Waals surface area contributed by atoms with E-state index in [4.69, 9.17) is 21.8 Å². The molecule has 3 aromatic rings. The molecule has 0 aliphatic carbocycles. The third-order valence-corrected chi connectivity index (χ3v) is 4.10. The molecule has 0 unspecified atom stereocenters. The zero-order valence-corrected chi connectivity index (χ0v) is 15.2. The van der Waals surface area contributed by atoms with Crippen LogP contribution in [0.5, 0.6) is 0 Å². The van der Waals surface area contributed by atoms with Crippen LogP contribution in [0.25, 0.3) is 11.4 Å². The summed E-state index contributed by atoms with van der Waals surface area (Å²) in [6, 6.07) is 9.64. The molecule has 0 saturated carbocycles. The van der Waals surface area contributed by atoms with Crippen molar-refractivity contribution >= 4 is 35.1 Å². The number of nitrogens with one attached hydrogen (secondary N) is 2. The van der Waals surface area contributed by atoms with Crippen molar-refractivity contribution in [1.29, 1.82) is 0 Å². The van der Waals surface area contributed by atoms with Crippen LogP contribution in [0.1, 0.15) is 31.1 Å². The van der Waals surface area contributed by atoms with Crippen molar-refractivity contribution in [2.24, 2.45) is 0 Å². The Balaban J connectivity index is 1.89. The van der Waals surface area contributed by atoms with Crippen molar-refractivity contribution in [1.82, 2.24) is 9.97 Å². The van der Waals surface area contributed by atoms with E-state index in [1.54, 1.807) is 24.3 Å². The van der Waals surface area contributed by atoms with E-state index in [2.05, 4.69) is 15.3 Å². The van der Waals surface area contributed by atoms with Crippen LogP contribution in [0.2, 0.25) is 5.02 Å². The predicted molar refractivity (Wildman–Crippen MR) is 104 cm³/mol. The molecule has 0 spiro atoms. The number of H-pyrrole nitrogens is 1. The smallest absolute Gasteiger partial charge is 0.335 e. The van der Waals surface area contributed by atoms with Crippen molar-refractivity contribution in [3.05, 3.63) is 80.7 Å².